The first-order valence-electron chi connectivity index (χ1n) is 4.60. The number of hydrogen-bond acceptors (Lipinski definition) is 3. The van der Waals surface area contributed by atoms with Gasteiger partial charge in [-0.15, -0.1) is 0 Å². The van der Waals surface area contributed by atoms with Crippen LogP contribution >= 0.6 is 15.9 Å². The van der Waals surface area contributed by atoms with Crippen LogP contribution in [0.1, 0.15) is 20.3 Å². The second-order valence-electron chi connectivity index (χ2n) is 3.86. The molecular formula is C9H13BrN2O3. The predicted molar refractivity (Wildman–Crippen MR) is 57.4 cm³/mol. The van der Waals surface area contributed by atoms with Crippen molar-refractivity contribution in [2.45, 2.75) is 25.8 Å². The molecule has 0 aromatic heterocycles. The third kappa shape index (κ3) is 2.37. The standard InChI is InChI=1S/C9H13BrN2O3/c1-9(2)8(15)11-6(13)5-12(9)7(14)3-4-10/h3-5H2,1-2H3,(H,11,13,15). The summed E-state index contributed by atoms with van der Waals surface area (Å²) in [5.41, 5.74) is -0.951. The second kappa shape index (κ2) is 4.30. The van der Waals surface area contributed by atoms with E-state index in [1.54, 1.807) is 13.8 Å². The molecule has 0 bridgehead atoms. The number of imide groups is 1. The van der Waals surface area contributed by atoms with Crippen molar-refractivity contribution in [3.8, 4) is 0 Å². The number of piperazine rings is 1. The molecule has 0 radical (unpaired) electrons. The third-order valence-electron chi connectivity index (χ3n) is 2.39. The van der Waals surface area contributed by atoms with Crippen LogP contribution < -0.4 is 5.32 Å². The molecule has 1 N–H and O–H groups in total. The van der Waals surface area contributed by atoms with Crippen molar-refractivity contribution in [1.29, 1.82) is 0 Å². The van der Waals surface area contributed by atoms with Gasteiger partial charge in [0.1, 0.15) is 12.1 Å². The fourth-order valence-corrected chi connectivity index (χ4v) is 1.74. The first kappa shape index (κ1) is 12.2. The summed E-state index contributed by atoms with van der Waals surface area (Å²) in [6.07, 6.45) is 0.282. The average molecular weight is 277 g/mol. The molecule has 0 aliphatic carbocycles. The highest BCUT2D eigenvalue weighted by atomic mass is 79.9. The minimum absolute atomic E-state index is 0.0510. The monoisotopic (exact) mass is 276 g/mol. The summed E-state index contributed by atoms with van der Waals surface area (Å²) in [5, 5.41) is 2.74. The molecule has 0 saturated carbocycles. The van der Waals surface area contributed by atoms with Gasteiger partial charge in [-0.2, -0.15) is 0 Å². The predicted octanol–water partition coefficient (Wildman–Crippen LogP) is 0.0350. The average Bonchev–Trinajstić information content (AvgIpc) is 2.12. The first-order chi connectivity index (χ1) is 6.89. The van der Waals surface area contributed by atoms with Gasteiger partial charge in [0, 0.05) is 11.8 Å². The van der Waals surface area contributed by atoms with E-state index in [2.05, 4.69) is 21.2 Å². The topological polar surface area (TPSA) is 66.5 Å². The summed E-state index contributed by atoms with van der Waals surface area (Å²) in [5.74, 6) is -1.05. The highest BCUT2D eigenvalue weighted by Gasteiger charge is 2.42. The summed E-state index contributed by atoms with van der Waals surface area (Å²) in [6, 6.07) is 0. The molecule has 1 fully saturated rings. The van der Waals surface area contributed by atoms with Crippen LogP contribution in [0.4, 0.5) is 0 Å². The largest absolute Gasteiger partial charge is 0.319 e. The molecule has 15 heavy (non-hydrogen) atoms. The van der Waals surface area contributed by atoms with E-state index < -0.39 is 17.4 Å². The van der Waals surface area contributed by atoms with Crippen molar-refractivity contribution < 1.29 is 14.4 Å². The molecular weight excluding hydrogens is 264 g/mol. The van der Waals surface area contributed by atoms with Crippen molar-refractivity contribution in [2.24, 2.45) is 0 Å². The van der Waals surface area contributed by atoms with Gasteiger partial charge in [-0.3, -0.25) is 19.7 Å². The molecule has 0 spiro atoms. The number of rotatable bonds is 2. The van der Waals surface area contributed by atoms with Crippen LogP contribution in [-0.2, 0) is 14.4 Å². The van der Waals surface area contributed by atoms with Crippen LogP contribution in [0, 0.1) is 0 Å². The molecule has 1 aliphatic rings. The highest BCUT2D eigenvalue weighted by Crippen LogP contribution is 2.19. The Morgan fingerprint density at radius 1 is 1.53 bits per heavy atom. The molecule has 0 atom stereocenters. The number of hydrogen-bond donors (Lipinski definition) is 1. The zero-order valence-corrected chi connectivity index (χ0v) is 10.3. The minimum atomic E-state index is -0.951. The summed E-state index contributed by atoms with van der Waals surface area (Å²) < 4.78 is 0. The van der Waals surface area contributed by atoms with E-state index in [0.717, 1.165) is 0 Å². The molecule has 3 amide bonds. The van der Waals surface area contributed by atoms with E-state index in [-0.39, 0.29) is 18.9 Å². The van der Waals surface area contributed by atoms with Gasteiger partial charge in [-0.25, -0.2) is 0 Å². The number of amides is 3. The normalized spacial score (nSPS) is 20.1. The fourth-order valence-electron chi connectivity index (χ4n) is 1.40. The highest BCUT2D eigenvalue weighted by molar-refractivity contribution is 9.09. The third-order valence-corrected chi connectivity index (χ3v) is 2.79. The molecule has 1 saturated heterocycles. The van der Waals surface area contributed by atoms with Crippen LogP contribution in [0.5, 0.6) is 0 Å². The SMILES string of the molecule is CC1(C)C(=O)NC(=O)CN1C(=O)CCBr. The Kier molecular flexibility index (Phi) is 3.49. The zero-order chi connectivity index (χ0) is 11.6. The van der Waals surface area contributed by atoms with Crippen molar-refractivity contribution in [2.75, 3.05) is 11.9 Å². The molecule has 1 heterocycles. The van der Waals surface area contributed by atoms with Crippen LogP contribution in [0.15, 0.2) is 0 Å². The Morgan fingerprint density at radius 3 is 2.67 bits per heavy atom. The maximum atomic E-state index is 11.7. The lowest BCUT2D eigenvalue weighted by molar-refractivity contribution is -0.155. The minimum Gasteiger partial charge on any atom is -0.319 e. The lowest BCUT2D eigenvalue weighted by Crippen LogP contribution is -2.65. The molecule has 0 aromatic rings. The smallest absolute Gasteiger partial charge is 0.252 e. The zero-order valence-electron chi connectivity index (χ0n) is 8.67. The fraction of sp³-hybridized carbons (Fsp3) is 0.667. The first-order valence-corrected chi connectivity index (χ1v) is 5.72. The van der Waals surface area contributed by atoms with Gasteiger partial charge < -0.3 is 4.90 Å². The Morgan fingerprint density at radius 2 is 2.13 bits per heavy atom. The van der Waals surface area contributed by atoms with Crippen LogP contribution in [0.25, 0.3) is 0 Å². The van der Waals surface area contributed by atoms with E-state index in [1.807, 2.05) is 0 Å². The summed E-state index contributed by atoms with van der Waals surface area (Å²) >= 11 is 3.15. The van der Waals surface area contributed by atoms with Gasteiger partial charge in [-0.05, 0) is 13.8 Å². The molecule has 0 unspecified atom stereocenters. The number of nitrogens with one attached hydrogen (secondary N) is 1. The van der Waals surface area contributed by atoms with Crippen molar-refractivity contribution in [3.63, 3.8) is 0 Å². The molecule has 6 heteroatoms. The van der Waals surface area contributed by atoms with Crippen LogP contribution in [0.2, 0.25) is 0 Å². The summed E-state index contributed by atoms with van der Waals surface area (Å²) in [4.78, 5) is 35.6. The Bertz CT molecular complexity index is 314. The van der Waals surface area contributed by atoms with E-state index in [1.165, 1.54) is 4.90 Å². The van der Waals surface area contributed by atoms with Crippen molar-refractivity contribution >= 4 is 33.7 Å². The lowest BCUT2D eigenvalue weighted by atomic mass is 9.98. The maximum Gasteiger partial charge on any atom is 0.252 e. The van der Waals surface area contributed by atoms with Gasteiger partial charge in [0.15, 0.2) is 0 Å². The Hall–Kier alpha value is -0.910. The molecule has 84 valence electrons. The number of nitrogens with zero attached hydrogens (tertiary/aromatic N) is 1. The van der Waals surface area contributed by atoms with Crippen LogP contribution in [0.3, 0.4) is 0 Å². The van der Waals surface area contributed by atoms with Crippen molar-refractivity contribution in [1.82, 2.24) is 10.2 Å². The summed E-state index contributed by atoms with van der Waals surface area (Å²) in [7, 11) is 0. The molecule has 0 aromatic carbocycles. The Balaban J connectivity index is 2.88. The molecule has 1 aliphatic heterocycles. The van der Waals surface area contributed by atoms with E-state index in [0.29, 0.717) is 5.33 Å². The Labute approximate surface area is 96.3 Å². The maximum absolute atomic E-state index is 11.7. The quantitative estimate of drug-likeness (QED) is 0.572. The van der Waals surface area contributed by atoms with Crippen molar-refractivity contribution in [3.05, 3.63) is 0 Å². The molecule has 5 nitrogen and oxygen atoms in total. The van der Waals surface area contributed by atoms with Crippen LogP contribution in [-0.4, -0.2) is 40.0 Å². The number of halogens is 1. The van der Waals surface area contributed by atoms with E-state index >= 15 is 0 Å². The number of carbonyl (C=O) groups excluding carboxylic acids is 3. The van der Waals surface area contributed by atoms with E-state index in [4.69, 9.17) is 0 Å². The van der Waals surface area contributed by atoms with Gasteiger partial charge in [-0.1, -0.05) is 15.9 Å². The van der Waals surface area contributed by atoms with Gasteiger partial charge in [0.05, 0.1) is 0 Å². The number of alkyl halides is 1. The summed E-state index contributed by atoms with van der Waals surface area (Å²) in [6.45, 7) is 3.20. The number of carbonyl (C=O) groups is 3. The van der Waals surface area contributed by atoms with E-state index in [9.17, 15) is 14.4 Å². The molecule has 1 rings (SSSR count). The second-order valence-corrected chi connectivity index (χ2v) is 4.65. The lowest BCUT2D eigenvalue weighted by Gasteiger charge is -2.40. The van der Waals surface area contributed by atoms with Gasteiger partial charge in [0.25, 0.3) is 5.91 Å². The van der Waals surface area contributed by atoms with Gasteiger partial charge in [0.2, 0.25) is 11.8 Å². The van der Waals surface area contributed by atoms with Gasteiger partial charge >= 0.3 is 0 Å².